The number of thiol groups is 1. The van der Waals surface area contributed by atoms with Crippen LogP contribution in [0.5, 0.6) is 0 Å². The predicted octanol–water partition coefficient (Wildman–Crippen LogP) is -0.826. The number of hydrogen-bond donors (Lipinski definition) is 4. The first kappa shape index (κ1) is 26.4. The second-order valence-corrected chi connectivity index (χ2v) is 12.4. The molecule has 2 aliphatic heterocycles. The molecule has 0 spiro atoms. The molecule has 162 valence electrons. The Kier molecular flexibility index (Phi) is 8.35. The Morgan fingerprint density at radius 1 is 0.929 bits per heavy atom. The fourth-order valence-corrected chi connectivity index (χ4v) is 4.67. The zero-order valence-electron chi connectivity index (χ0n) is 16.0. The van der Waals surface area contributed by atoms with E-state index in [1.54, 1.807) is 6.92 Å². The third kappa shape index (κ3) is 7.81. The summed E-state index contributed by atoms with van der Waals surface area (Å²) in [5, 5.41) is 8.99. The number of rotatable bonds is 4. The van der Waals surface area contributed by atoms with E-state index in [1.165, 1.54) is 6.92 Å². The van der Waals surface area contributed by atoms with Gasteiger partial charge in [-0.15, -0.1) is 0 Å². The molecule has 14 heteroatoms. The van der Waals surface area contributed by atoms with Crippen molar-refractivity contribution in [1.29, 1.82) is 0 Å². The summed E-state index contributed by atoms with van der Waals surface area (Å²) in [4.78, 5) is 44.1. The zero-order chi connectivity index (χ0) is 21.3. The van der Waals surface area contributed by atoms with Crippen molar-refractivity contribution >= 4 is 55.4 Å². The number of nitrogens with one attached hydrogen (secondary N) is 4. The maximum Gasteiger partial charge on any atom is 0.322 e. The Hall–Kier alpha value is -1.57. The van der Waals surface area contributed by atoms with Gasteiger partial charge in [-0.1, -0.05) is 0 Å². The fourth-order valence-electron chi connectivity index (χ4n) is 2.11. The molecule has 2 aliphatic rings. The quantitative estimate of drug-likeness (QED) is 0.183. The highest BCUT2D eigenvalue weighted by Crippen LogP contribution is 2.16. The molecule has 0 aliphatic carbocycles. The number of carbonyl (C=O) groups is 4. The van der Waals surface area contributed by atoms with Crippen LogP contribution in [0.2, 0.25) is 0 Å². The Balaban J connectivity index is 0.000000504. The predicted molar refractivity (Wildman–Crippen MR) is 105 cm³/mol. The zero-order valence-corrected chi connectivity index (χ0v) is 18.5. The lowest BCUT2D eigenvalue weighted by Crippen LogP contribution is -2.49. The first-order chi connectivity index (χ1) is 12.0. The van der Waals surface area contributed by atoms with Gasteiger partial charge in [-0.3, -0.25) is 20.2 Å². The van der Waals surface area contributed by atoms with E-state index in [9.17, 15) is 27.6 Å². The highest BCUT2D eigenvalue weighted by molar-refractivity contribution is 8.13. The van der Waals surface area contributed by atoms with E-state index in [-0.39, 0.29) is 22.2 Å². The molecule has 2 rings (SSSR count). The van der Waals surface area contributed by atoms with Crippen molar-refractivity contribution in [2.45, 2.75) is 50.4 Å². The molecule has 0 unspecified atom stereocenters. The van der Waals surface area contributed by atoms with Gasteiger partial charge < -0.3 is 16.1 Å². The second kappa shape index (κ2) is 8.84. The van der Waals surface area contributed by atoms with Crippen molar-refractivity contribution in [3.05, 3.63) is 0 Å². The number of halogens is 1. The largest absolute Gasteiger partial charge is 0.870 e. The monoisotopic (exact) mass is 460 g/mol. The van der Waals surface area contributed by atoms with E-state index in [2.05, 4.69) is 36.7 Å². The summed E-state index contributed by atoms with van der Waals surface area (Å²) in [6.07, 6.45) is 0. The van der Waals surface area contributed by atoms with Gasteiger partial charge in [0.15, 0.2) is 5.54 Å². The molecule has 2 saturated heterocycles. The van der Waals surface area contributed by atoms with Gasteiger partial charge in [-0.2, -0.15) is 0 Å². The molecular weight excluding hydrogens is 436 g/mol. The Labute approximate surface area is 171 Å². The minimum absolute atomic E-state index is 0. The minimum atomic E-state index is -3.83. The fraction of sp³-hybridized carbons (Fsp3) is 0.714. The number of amides is 6. The molecule has 0 radical (unpaired) electrons. The van der Waals surface area contributed by atoms with Crippen molar-refractivity contribution in [1.82, 2.24) is 21.3 Å². The topological polar surface area (TPSA) is 181 Å². The van der Waals surface area contributed by atoms with E-state index in [0.717, 1.165) is 11.8 Å². The number of hydrogen-bond acceptors (Lipinski definition) is 7. The molecular formula is C14H25ClN4O7S2. The van der Waals surface area contributed by atoms with Crippen molar-refractivity contribution in [3.8, 4) is 0 Å². The van der Waals surface area contributed by atoms with Crippen LogP contribution in [-0.2, 0) is 30.4 Å². The Bertz CT molecular complexity index is 768. The van der Waals surface area contributed by atoms with Gasteiger partial charge in [0.25, 0.3) is 11.8 Å². The first-order valence-corrected chi connectivity index (χ1v) is 11.4. The second-order valence-electron chi connectivity index (χ2n) is 7.65. The minimum Gasteiger partial charge on any atom is -0.870 e. The summed E-state index contributed by atoms with van der Waals surface area (Å²) in [6, 6.07) is -1.10. The van der Waals surface area contributed by atoms with E-state index < -0.39 is 37.8 Å². The molecule has 28 heavy (non-hydrogen) atoms. The van der Waals surface area contributed by atoms with Crippen LogP contribution in [-0.4, -0.2) is 65.1 Å². The molecule has 0 bridgehead atoms. The van der Waals surface area contributed by atoms with Crippen molar-refractivity contribution in [3.63, 3.8) is 0 Å². The van der Waals surface area contributed by atoms with E-state index >= 15 is 0 Å². The Morgan fingerprint density at radius 3 is 1.61 bits per heavy atom. The van der Waals surface area contributed by atoms with Gasteiger partial charge in [0.2, 0.25) is 9.05 Å². The van der Waals surface area contributed by atoms with Crippen molar-refractivity contribution in [2.24, 2.45) is 0 Å². The lowest BCUT2D eigenvalue weighted by molar-refractivity contribution is -0.123. The molecule has 0 saturated carbocycles. The van der Waals surface area contributed by atoms with Crippen LogP contribution < -0.4 is 21.3 Å². The van der Waals surface area contributed by atoms with E-state index in [1.807, 2.05) is 5.32 Å². The number of carbonyl (C=O) groups excluding carboxylic acids is 4. The highest BCUT2D eigenvalue weighted by atomic mass is 35.7. The van der Waals surface area contributed by atoms with Crippen LogP contribution in [0, 0.1) is 0 Å². The van der Waals surface area contributed by atoms with Gasteiger partial charge in [-0.05, 0) is 46.4 Å². The normalized spacial score (nSPS) is 26.9. The molecule has 5 N–H and O–H groups in total. The van der Waals surface area contributed by atoms with Gasteiger partial charge in [0.05, 0.1) is 5.75 Å². The molecule has 6 amide bonds. The first-order valence-electron chi connectivity index (χ1n) is 7.84. The molecule has 2 atom stereocenters. The highest BCUT2D eigenvalue weighted by Gasteiger charge is 2.46. The lowest BCUT2D eigenvalue weighted by Gasteiger charge is -2.19. The van der Waals surface area contributed by atoms with Crippen LogP contribution in [0.4, 0.5) is 9.59 Å². The van der Waals surface area contributed by atoms with Crippen molar-refractivity contribution < 1.29 is 33.1 Å². The smallest absolute Gasteiger partial charge is 0.322 e. The third-order valence-corrected chi connectivity index (χ3v) is 6.55. The lowest BCUT2D eigenvalue weighted by atomic mass is 10.1. The van der Waals surface area contributed by atoms with Gasteiger partial charge >= 0.3 is 12.1 Å². The van der Waals surface area contributed by atoms with Gasteiger partial charge in [0, 0.05) is 10.7 Å². The van der Waals surface area contributed by atoms with Crippen molar-refractivity contribution in [2.75, 3.05) is 11.5 Å². The average molecular weight is 461 g/mol. The summed E-state index contributed by atoms with van der Waals surface area (Å²) in [5.74, 6) is -0.895. The SMILES string of the molecule is CC(C)(C)[SH+]C[C@@]1(C)NC(=O)NC1=O.C[C@]1(CS(=O)(=O)Cl)NC(=O)NC1=O.[OH-]. The summed E-state index contributed by atoms with van der Waals surface area (Å²) in [7, 11) is 1.13. The molecule has 2 heterocycles. The molecule has 0 aromatic rings. The van der Waals surface area contributed by atoms with Crippen LogP contribution in [0.25, 0.3) is 0 Å². The van der Waals surface area contributed by atoms with E-state index in [0.29, 0.717) is 5.75 Å². The maximum absolute atomic E-state index is 11.4. The molecule has 0 aromatic carbocycles. The van der Waals surface area contributed by atoms with Crippen LogP contribution in [0.1, 0.15) is 34.6 Å². The molecule has 0 aromatic heterocycles. The number of imide groups is 2. The summed E-state index contributed by atoms with van der Waals surface area (Å²) >= 11 is 1.15. The average Bonchev–Trinajstić information content (AvgIpc) is 2.81. The molecule has 2 fully saturated rings. The standard InChI is InChI=1S/C9H16N2O2S.C5H7ClN2O4S.H2O/c1-8(2,3)14-5-9(4)6(12)10-7(13)11-9;1-5(2-13(6,11)12)3(9)7-4(10)8-5;/h5H2,1-4H3,(H2,10,11,12,13);2H2,1H3,(H2,7,8,9,10);1H2/t9-;5-;/m11./s1. The van der Waals surface area contributed by atoms with Crippen LogP contribution >= 0.6 is 10.7 Å². The van der Waals surface area contributed by atoms with Crippen LogP contribution in [0.3, 0.4) is 0 Å². The maximum atomic E-state index is 11.4. The molecule has 11 nitrogen and oxygen atoms in total. The summed E-state index contributed by atoms with van der Waals surface area (Å²) < 4.78 is 21.5. The van der Waals surface area contributed by atoms with Gasteiger partial charge in [0.1, 0.15) is 16.0 Å². The summed E-state index contributed by atoms with van der Waals surface area (Å²) in [5.41, 5.74) is -2.19. The van der Waals surface area contributed by atoms with E-state index in [4.69, 9.17) is 10.7 Å². The summed E-state index contributed by atoms with van der Waals surface area (Å²) in [6.45, 7) is 9.35. The van der Waals surface area contributed by atoms with Gasteiger partial charge in [-0.25, -0.2) is 18.0 Å². The van der Waals surface area contributed by atoms with Crippen LogP contribution in [0.15, 0.2) is 0 Å². The Morgan fingerprint density at radius 2 is 1.32 bits per heavy atom. The third-order valence-electron chi connectivity index (χ3n) is 3.57. The number of urea groups is 2.